The summed E-state index contributed by atoms with van der Waals surface area (Å²) in [6.45, 7) is 2.61. The van der Waals surface area contributed by atoms with E-state index in [0.717, 1.165) is 11.1 Å². The van der Waals surface area contributed by atoms with Gasteiger partial charge in [0.25, 0.3) is 5.91 Å². The minimum atomic E-state index is -0.506. The van der Waals surface area contributed by atoms with Gasteiger partial charge < -0.3 is 15.8 Å². The first-order valence-electron chi connectivity index (χ1n) is 8.68. The number of pyridine rings is 1. The van der Waals surface area contributed by atoms with Crippen LogP contribution in [0.15, 0.2) is 29.5 Å². The standard InChI is InChI=1S/C20H20ClFN4O2/c1-11-13(7-15-19(17(11)21)28-4-3-25-20(15)27)5-12-6-16(22)18(26-9-12)14(8-23)10-24-2/h6-10H,3-5,23H2,1-2H3,(H,25,27)/b14-8+,24-10?. The molecule has 1 aliphatic heterocycles. The Balaban J connectivity index is 1.97. The first-order valence-corrected chi connectivity index (χ1v) is 9.05. The lowest BCUT2D eigenvalue weighted by Gasteiger charge is -2.15. The van der Waals surface area contributed by atoms with Crippen molar-refractivity contribution in [1.82, 2.24) is 10.3 Å². The molecule has 1 aliphatic rings. The third-order valence-corrected chi connectivity index (χ3v) is 4.92. The molecule has 0 aliphatic carbocycles. The average molecular weight is 403 g/mol. The van der Waals surface area contributed by atoms with E-state index in [1.54, 1.807) is 19.3 Å². The Morgan fingerprint density at radius 1 is 1.50 bits per heavy atom. The number of nitrogens with two attached hydrogens (primary N) is 1. The molecule has 2 heterocycles. The van der Waals surface area contributed by atoms with Crippen LogP contribution in [-0.2, 0) is 6.42 Å². The maximum absolute atomic E-state index is 14.6. The molecular weight excluding hydrogens is 383 g/mol. The molecule has 0 bridgehead atoms. The summed E-state index contributed by atoms with van der Waals surface area (Å²) in [4.78, 5) is 20.3. The van der Waals surface area contributed by atoms with Gasteiger partial charge in [0.15, 0.2) is 5.75 Å². The molecular formula is C20H20ClFN4O2. The van der Waals surface area contributed by atoms with Crippen LogP contribution in [-0.4, -0.2) is 37.3 Å². The Kier molecular flexibility index (Phi) is 5.94. The third-order valence-electron chi connectivity index (χ3n) is 4.47. The van der Waals surface area contributed by atoms with Crippen LogP contribution in [0.2, 0.25) is 5.02 Å². The van der Waals surface area contributed by atoms with Gasteiger partial charge in [0.1, 0.15) is 18.1 Å². The van der Waals surface area contributed by atoms with Gasteiger partial charge in [-0.1, -0.05) is 11.6 Å². The maximum atomic E-state index is 14.6. The van der Waals surface area contributed by atoms with Crippen molar-refractivity contribution in [2.45, 2.75) is 13.3 Å². The number of aromatic nitrogens is 1. The number of benzene rings is 1. The molecule has 0 spiro atoms. The molecule has 6 nitrogen and oxygen atoms in total. The van der Waals surface area contributed by atoms with Gasteiger partial charge in [0.05, 0.1) is 17.1 Å². The summed E-state index contributed by atoms with van der Waals surface area (Å²) in [5.41, 5.74) is 8.63. The number of aliphatic imine (C=N–C) groups is 1. The van der Waals surface area contributed by atoms with Crippen LogP contribution in [0.1, 0.15) is 32.7 Å². The van der Waals surface area contributed by atoms with Gasteiger partial charge in [-0.25, -0.2) is 4.39 Å². The number of ether oxygens (including phenoxy) is 1. The van der Waals surface area contributed by atoms with E-state index in [1.807, 2.05) is 6.92 Å². The van der Waals surface area contributed by atoms with Crippen molar-refractivity contribution < 1.29 is 13.9 Å². The molecule has 3 rings (SSSR count). The van der Waals surface area contributed by atoms with E-state index in [0.29, 0.717) is 47.0 Å². The zero-order valence-corrected chi connectivity index (χ0v) is 16.3. The van der Waals surface area contributed by atoms with Crippen molar-refractivity contribution in [3.63, 3.8) is 0 Å². The minimum Gasteiger partial charge on any atom is -0.489 e. The fourth-order valence-electron chi connectivity index (χ4n) is 3.01. The SMILES string of the molecule is CN=C/C(=C\N)c1ncc(Cc2cc3c(c(Cl)c2C)OCCNC3=O)cc1F. The van der Waals surface area contributed by atoms with Crippen molar-refractivity contribution in [1.29, 1.82) is 0 Å². The second kappa shape index (κ2) is 8.39. The van der Waals surface area contributed by atoms with Gasteiger partial charge >= 0.3 is 0 Å². The summed E-state index contributed by atoms with van der Waals surface area (Å²) >= 11 is 6.44. The van der Waals surface area contributed by atoms with Gasteiger partial charge in [-0.3, -0.25) is 14.8 Å². The lowest BCUT2D eigenvalue weighted by Crippen LogP contribution is -2.24. The molecule has 0 unspecified atom stereocenters. The third kappa shape index (κ3) is 3.84. The number of carbonyl (C=O) groups excluding carboxylic acids is 1. The number of halogens is 2. The van der Waals surface area contributed by atoms with Crippen molar-refractivity contribution in [3.05, 3.63) is 63.3 Å². The van der Waals surface area contributed by atoms with Crippen LogP contribution in [0.3, 0.4) is 0 Å². The number of carbonyl (C=O) groups is 1. The molecule has 28 heavy (non-hydrogen) atoms. The number of rotatable bonds is 4. The molecule has 0 fully saturated rings. The molecule has 1 aromatic carbocycles. The van der Waals surface area contributed by atoms with Crippen molar-refractivity contribution in [2.75, 3.05) is 20.2 Å². The lowest BCUT2D eigenvalue weighted by atomic mass is 9.97. The summed E-state index contributed by atoms with van der Waals surface area (Å²) < 4.78 is 20.2. The van der Waals surface area contributed by atoms with Crippen LogP contribution in [0.25, 0.3) is 5.57 Å². The minimum absolute atomic E-state index is 0.126. The van der Waals surface area contributed by atoms with E-state index in [4.69, 9.17) is 22.1 Å². The number of nitrogens with zero attached hydrogens (tertiary/aromatic N) is 2. The highest BCUT2D eigenvalue weighted by Crippen LogP contribution is 2.36. The molecule has 0 atom stereocenters. The Bertz CT molecular complexity index is 989. The Morgan fingerprint density at radius 3 is 2.96 bits per heavy atom. The predicted molar refractivity (Wildman–Crippen MR) is 108 cm³/mol. The summed E-state index contributed by atoms with van der Waals surface area (Å²) in [5, 5.41) is 3.15. The monoisotopic (exact) mass is 402 g/mol. The van der Waals surface area contributed by atoms with Crippen molar-refractivity contribution >= 4 is 29.3 Å². The predicted octanol–water partition coefficient (Wildman–Crippen LogP) is 2.90. The van der Waals surface area contributed by atoms with Gasteiger partial charge in [0.2, 0.25) is 0 Å². The Labute approximate surface area is 167 Å². The normalized spacial score (nSPS) is 14.4. The summed E-state index contributed by atoms with van der Waals surface area (Å²) in [6, 6.07) is 3.13. The molecule has 0 saturated heterocycles. The number of allylic oxidation sites excluding steroid dienone is 1. The fraction of sp³-hybridized carbons (Fsp3) is 0.250. The van der Waals surface area contributed by atoms with Crippen molar-refractivity contribution in [2.24, 2.45) is 10.7 Å². The van der Waals surface area contributed by atoms with Crippen LogP contribution < -0.4 is 15.8 Å². The second-order valence-electron chi connectivity index (χ2n) is 6.32. The van der Waals surface area contributed by atoms with Gasteiger partial charge in [-0.15, -0.1) is 0 Å². The zero-order valence-electron chi connectivity index (χ0n) is 15.6. The highest BCUT2D eigenvalue weighted by Gasteiger charge is 2.23. The van der Waals surface area contributed by atoms with E-state index >= 15 is 0 Å². The molecule has 2 aromatic rings. The molecule has 0 radical (unpaired) electrons. The van der Waals surface area contributed by atoms with E-state index in [1.165, 1.54) is 18.5 Å². The fourth-order valence-corrected chi connectivity index (χ4v) is 3.29. The molecule has 0 saturated carbocycles. The second-order valence-corrected chi connectivity index (χ2v) is 6.69. The topological polar surface area (TPSA) is 89.6 Å². The van der Waals surface area contributed by atoms with Crippen molar-refractivity contribution in [3.8, 4) is 5.75 Å². The number of hydrogen-bond donors (Lipinski definition) is 2. The molecule has 1 amide bonds. The van der Waals surface area contributed by atoms with Crippen LogP contribution in [0, 0.1) is 12.7 Å². The molecule has 8 heteroatoms. The van der Waals surface area contributed by atoms with E-state index in [2.05, 4.69) is 15.3 Å². The lowest BCUT2D eigenvalue weighted by molar-refractivity contribution is 0.0957. The molecule has 3 N–H and O–H groups in total. The van der Waals surface area contributed by atoms with Crippen LogP contribution in [0.4, 0.5) is 4.39 Å². The van der Waals surface area contributed by atoms with Crippen LogP contribution >= 0.6 is 11.6 Å². The number of hydrogen-bond acceptors (Lipinski definition) is 5. The highest BCUT2D eigenvalue weighted by molar-refractivity contribution is 6.33. The van der Waals surface area contributed by atoms with Gasteiger partial charge in [-0.2, -0.15) is 0 Å². The average Bonchev–Trinajstić information content (AvgIpc) is 2.86. The highest BCUT2D eigenvalue weighted by atomic mass is 35.5. The molecule has 1 aromatic heterocycles. The number of nitrogens with one attached hydrogen (secondary N) is 1. The Morgan fingerprint density at radius 2 is 2.29 bits per heavy atom. The van der Waals surface area contributed by atoms with Gasteiger partial charge in [0, 0.05) is 31.2 Å². The quantitative estimate of drug-likeness (QED) is 0.769. The zero-order chi connectivity index (χ0) is 20.3. The molecule has 146 valence electrons. The first-order chi connectivity index (χ1) is 13.5. The van der Waals surface area contributed by atoms with E-state index < -0.39 is 5.82 Å². The largest absolute Gasteiger partial charge is 0.489 e. The Hall–Kier alpha value is -2.93. The van der Waals surface area contributed by atoms with E-state index in [-0.39, 0.29) is 11.6 Å². The van der Waals surface area contributed by atoms with E-state index in [9.17, 15) is 9.18 Å². The maximum Gasteiger partial charge on any atom is 0.255 e. The first kappa shape index (κ1) is 19.8. The summed E-state index contributed by atoms with van der Waals surface area (Å²) in [7, 11) is 1.57. The summed E-state index contributed by atoms with van der Waals surface area (Å²) in [6.07, 6.45) is 4.63. The number of fused-ring (bicyclic) bond motifs is 1. The van der Waals surface area contributed by atoms with Crippen LogP contribution in [0.5, 0.6) is 5.75 Å². The summed E-state index contributed by atoms with van der Waals surface area (Å²) in [5.74, 6) is -0.366. The van der Waals surface area contributed by atoms with Gasteiger partial charge in [-0.05, 0) is 42.2 Å². The smallest absolute Gasteiger partial charge is 0.255 e. The number of amides is 1.